The standard InChI is InChI=1S/C22H24N4O3/c1-3-15-8-4-5-11-18(15)23-22(27)26-13-7-12-19(26)21-24-20(25-29-21)16-9-6-10-17(14-16)28-2/h4-6,8-11,14,19H,3,7,12-13H2,1-2H3,(H,23,27). The van der Waals surface area contributed by atoms with Gasteiger partial charge in [0.15, 0.2) is 0 Å². The predicted octanol–water partition coefficient (Wildman–Crippen LogP) is 4.68. The Balaban J connectivity index is 1.52. The van der Waals surface area contributed by atoms with Gasteiger partial charge in [0.1, 0.15) is 11.8 Å². The van der Waals surface area contributed by atoms with Crippen LogP contribution in [0.15, 0.2) is 53.1 Å². The van der Waals surface area contributed by atoms with Crippen LogP contribution in [0.2, 0.25) is 0 Å². The molecule has 2 heterocycles. The van der Waals surface area contributed by atoms with E-state index in [9.17, 15) is 4.79 Å². The fraction of sp³-hybridized carbons (Fsp3) is 0.318. The average molecular weight is 392 g/mol. The molecule has 1 atom stereocenters. The molecular formula is C22H24N4O3. The molecule has 0 bridgehead atoms. The highest BCUT2D eigenvalue weighted by Gasteiger charge is 2.34. The van der Waals surface area contributed by atoms with E-state index in [0.717, 1.165) is 41.8 Å². The Bertz CT molecular complexity index is 1000. The first-order valence-corrected chi connectivity index (χ1v) is 9.83. The van der Waals surface area contributed by atoms with E-state index in [2.05, 4.69) is 22.4 Å². The summed E-state index contributed by atoms with van der Waals surface area (Å²) in [5, 5.41) is 7.15. The summed E-state index contributed by atoms with van der Waals surface area (Å²) in [7, 11) is 1.62. The maximum Gasteiger partial charge on any atom is 0.322 e. The molecule has 7 nitrogen and oxygen atoms in total. The van der Waals surface area contributed by atoms with Crippen LogP contribution in [0.4, 0.5) is 10.5 Å². The SMILES string of the molecule is CCc1ccccc1NC(=O)N1CCCC1c1nc(-c2cccc(OC)c2)no1. The molecule has 29 heavy (non-hydrogen) atoms. The van der Waals surface area contributed by atoms with Crippen molar-refractivity contribution >= 4 is 11.7 Å². The molecule has 150 valence electrons. The molecule has 2 amide bonds. The van der Waals surface area contributed by atoms with Crippen molar-refractivity contribution in [3.05, 3.63) is 60.0 Å². The third-order valence-electron chi connectivity index (χ3n) is 5.21. The molecule has 0 aliphatic carbocycles. The van der Waals surface area contributed by atoms with E-state index in [1.807, 2.05) is 48.5 Å². The van der Waals surface area contributed by atoms with Crippen molar-refractivity contribution in [2.24, 2.45) is 0 Å². The predicted molar refractivity (Wildman–Crippen MR) is 110 cm³/mol. The van der Waals surface area contributed by atoms with E-state index in [-0.39, 0.29) is 12.1 Å². The van der Waals surface area contributed by atoms with Crippen LogP contribution in [0.25, 0.3) is 11.4 Å². The third kappa shape index (κ3) is 3.94. The Kier molecular flexibility index (Phi) is 5.46. The van der Waals surface area contributed by atoms with Gasteiger partial charge < -0.3 is 19.5 Å². The number of rotatable bonds is 5. The normalized spacial score (nSPS) is 16.1. The number of nitrogens with one attached hydrogen (secondary N) is 1. The van der Waals surface area contributed by atoms with Gasteiger partial charge in [0, 0.05) is 17.8 Å². The molecule has 0 spiro atoms. The van der Waals surface area contributed by atoms with Crippen molar-refractivity contribution < 1.29 is 14.1 Å². The minimum atomic E-state index is -0.226. The molecule has 4 rings (SSSR count). The van der Waals surface area contributed by atoms with Crippen LogP contribution in [-0.4, -0.2) is 34.7 Å². The Hall–Kier alpha value is -3.35. The summed E-state index contributed by atoms with van der Waals surface area (Å²) in [6, 6.07) is 15.0. The fourth-order valence-corrected chi connectivity index (χ4v) is 3.65. The Morgan fingerprint density at radius 1 is 1.28 bits per heavy atom. The number of hydrogen-bond donors (Lipinski definition) is 1. The maximum absolute atomic E-state index is 12.9. The first kappa shape index (κ1) is 19.0. The Labute approximate surface area is 169 Å². The number of aromatic nitrogens is 2. The van der Waals surface area contributed by atoms with Crippen LogP contribution in [0, 0.1) is 0 Å². The van der Waals surface area contributed by atoms with Crippen molar-refractivity contribution in [2.45, 2.75) is 32.2 Å². The number of methoxy groups -OCH3 is 1. The van der Waals surface area contributed by atoms with Gasteiger partial charge in [0.25, 0.3) is 0 Å². The van der Waals surface area contributed by atoms with Crippen molar-refractivity contribution in [2.75, 3.05) is 19.0 Å². The molecule has 1 unspecified atom stereocenters. The van der Waals surface area contributed by atoms with E-state index in [1.165, 1.54) is 0 Å². The van der Waals surface area contributed by atoms with Crippen LogP contribution < -0.4 is 10.1 Å². The molecule has 2 aromatic carbocycles. The first-order valence-electron chi connectivity index (χ1n) is 9.83. The number of anilines is 1. The zero-order valence-corrected chi connectivity index (χ0v) is 16.6. The van der Waals surface area contributed by atoms with Gasteiger partial charge in [-0.15, -0.1) is 0 Å². The van der Waals surface area contributed by atoms with E-state index in [1.54, 1.807) is 12.0 Å². The first-order chi connectivity index (χ1) is 14.2. The van der Waals surface area contributed by atoms with Crippen LogP contribution in [0.5, 0.6) is 5.75 Å². The maximum atomic E-state index is 12.9. The summed E-state index contributed by atoms with van der Waals surface area (Å²) in [5.41, 5.74) is 2.76. The molecular weight excluding hydrogens is 368 g/mol. The van der Waals surface area contributed by atoms with Gasteiger partial charge in [-0.2, -0.15) is 4.98 Å². The molecule has 0 saturated carbocycles. The Morgan fingerprint density at radius 2 is 2.14 bits per heavy atom. The van der Waals surface area contributed by atoms with E-state index in [0.29, 0.717) is 18.3 Å². The zero-order valence-electron chi connectivity index (χ0n) is 16.6. The van der Waals surface area contributed by atoms with Gasteiger partial charge in [0.2, 0.25) is 11.7 Å². The highest BCUT2D eigenvalue weighted by Crippen LogP contribution is 2.33. The van der Waals surface area contributed by atoms with Crippen LogP contribution in [-0.2, 0) is 6.42 Å². The van der Waals surface area contributed by atoms with Crippen LogP contribution in [0.3, 0.4) is 0 Å². The van der Waals surface area contributed by atoms with Crippen molar-refractivity contribution in [1.82, 2.24) is 15.0 Å². The second kappa shape index (κ2) is 8.34. The van der Waals surface area contributed by atoms with Crippen molar-refractivity contribution in [3.63, 3.8) is 0 Å². The summed E-state index contributed by atoms with van der Waals surface area (Å²) in [4.78, 5) is 19.3. The summed E-state index contributed by atoms with van der Waals surface area (Å²) in [5.74, 6) is 1.67. The van der Waals surface area contributed by atoms with E-state index < -0.39 is 0 Å². The van der Waals surface area contributed by atoms with Crippen molar-refractivity contribution in [3.8, 4) is 17.1 Å². The number of ether oxygens (including phenoxy) is 1. The van der Waals surface area contributed by atoms with Gasteiger partial charge in [-0.1, -0.05) is 42.4 Å². The van der Waals surface area contributed by atoms with Gasteiger partial charge in [-0.05, 0) is 43.0 Å². The number of likely N-dealkylation sites (tertiary alicyclic amines) is 1. The number of nitrogens with zero attached hydrogens (tertiary/aromatic N) is 3. The lowest BCUT2D eigenvalue weighted by atomic mass is 10.1. The summed E-state index contributed by atoms with van der Waals surface area (Å²) >= 11 is 0. The monoisotopic (exact) mass is 392 g/mol. The highest BCUT2D eigenvalue weighted by atomic mass is 16.5. The smallest absolute Gasteiger partial charge is 0.322 e. The highest BCUT2D eigenvalue weighted by molar-refractivity contribution is 5.90. The lowest BCUT2D eigenvalue weighted by Gasteiger charge is -2.23. The summed E-state index contributed by atoms with van der Waals surface area (Å²) in [6.07, 6.45) is 2.54. The lowest BCUT2D eigenvalue weighted by molar-refractivity contribution is 0.193. The summed E-state index contributed by atoms with van der Waals surface area (Å²) in [6.45, 7) is 2.73. The average Bonchev–Trinajstić information content (AvgIpc) is 3.43. The number of carbonyl (C=O) groups excluding carboxylic acids is 1. The van der Waals surface area contributed by atoms with Gasteiger partial charge in [0.05, 0.1) is 7.11 Å². The Morgan fingerprint density at radius 3 is 2.97 bits per heavy atom. The number of carbonyl (C=O) groups is 1. The topological polar surface area (TPSA) is 80.5 Å². The number of hydrogen-bond acceptors (Lipinski definition) is 5. The number of amides is 2. The van der Waals surface area contributed by atoms with Gasteiger partial charge >= 0.3 is 6.03 Å². The molecule has 0 radical (unpaired) electrons. The molecule has 3 aromatic rings. The zero-order chi connectivity index (χ0) is 20.2. The largest absolute Gasteiger partial charge is 0.497 e. The molecule has 1 aromatic heterocycles. The lowest BCUT2D eigenvalue weighted by Crippen LogP contribution is -2.34. The number of urea groups is 1. The summed E-state index contributed by atoms with van der Waals surface area (Å²) < 4.78 is 10.8. The van der Waals surface area contributed by atoms with Crippen molar-refractivity contribution in [1.29, 1.82) is 0 Å². The van der Waals surface area contributed by atoms with Crippen LogP contribution >= 0.6 is 0 Å². The molecule has 1 aliphatic rings. The quantitative estimate of drug-likeness (QED) is 0.682. The fourth-order valence-electron chi connectivity index (χ4n) is 3.65. The third-order valence-corrected chi connectivity index (χ3v) is 5.21. The molecule has 1 aliphatic heterocycles. The molecule has 7 heteroatoms. The minimum absolute atomic E-state index is 0.144. The van der Waals surface area contributed by atoms with Gasteiger partial charge in [-0.3, -0.25) is 0 Å². The molecule has 1 N–H and O–H groups in total. The molecule has 1 saturated heterocycles. The minimum Gasteiger partial charge on any atom is -0.497 e. The van der Waals surface area contributed by atoms with Gasteiger partial charge in [-0.25, -0.2) is 4.79 Å². The second-order valence-corrected chi connectivity index (χ2v) is 6.98. The molecule has 1 fully saturated rings. The van der Waals surface area contributed by atoms with E-state index >= 15 is 0 Å². The van der Waals surface area contributed by atoms with E-state index in [4.69, 9.17) is 9.26 Å². The number of para-hydroxylation sites is 1. The van der Waals surface area contributed by atoms with Crippen LogP contribution in [0.1, 0.15) is 37.3 Å². The number of aryl methyl sites for hydroxylation is 1. The second-order valence-electron chi connectivity index (χ2n) is 6.98. The number of benzene rings is 2.